The Bertz CT molecular complexity index is 296. The third-order valence-corrected chi connectivity index (χ3v) is 1.83. The average molecular weight is 188 g/mol. The molecule has 0 radical (unpaired) electrons. The van der Waals surface area contributed by atoms with Gasteiger partial charge in [0.2, 0.25) is 11.5 Å². The first kappa shape index (κ1) is 8.43. The highest BCUT2D eigenvalue weighted by molar-refractivity contribution is 7.54. The van der Waals surface area contributed by atoms with Crippen molar-refractivity contribution >= 4 is 28.8 Å². The van der Waals surface area contributed by atoms with Crippen molar-refractivity contribution in [2.75, 3.05) is 0 Å². The van der Waals surface area contributed by atoms with E-state index in [-0.39, 0.29) is 11.5 Å². The summed E-state index contributed by atoms with van der Waals surface area (Å²) in [5.41, 5.74) is 1.56. The lowest BCUT2D eigenvalue weighted by Crippen LogP contribution is -1.76. The van der Waals surface area contributed by atoms with Crippen LogP contribution >= 0.6 is 11.6 Å². The van der Waals surface area contributed by atoms with Crippen LogP contribution in [0.5, 0.6) is 0 Å². The fraction of sp³-hybridized carbons (Fsp3) is 0.143. The molecule has 2 nitrogen and oxygen atoms in total. The number of halogens is 1. The van der Waals surface area contributed by atoms with E-state index >= 15 is 0 Å². The van der Waals surface area contributed by atoms with Gasteiger partial charge in [-0.1, -0.05) is 18.2 Å². The van der Waals surface area contributed by atoms with Crippen LogP contribution in [0.4, 0.5) is 5.69 Å². The van der Waals surface area contributed by atoms with Gasteiger partial charge in [-0.3, -0.25) is 0 Å². The molecule has 0 fully saturated rings. The summed E-state index contributed by atoms with van der Waals surface area (Å²) >= 11 is 5.80. The van der Waals surface area contributed by atoms with Crippen LogP contribution in [0.15, 0.2) is 28.6 Å². The second-order valence-corrected chi connectivity index (χ2v) is 2.53. The highest BCUT2D eigenvalue weighted by Gasteiger charge is 1.96. The standard InChI is InChI=1S/C7H6ClNOS/c8-5-6-3-1-2-4-7(6)9-11-10/h1-4H,5H2. The van der Waals surface area contributed by atoms with Crippen LogP contribution in [0.1, 0.15) is 5.56 Å². The second kappa shape index (κ2) is 4.26. The molecule has 1 rings (SSSR count). The van der Waals surface area contributed by atoms with Gasteiger partial charge in [0.15, 0.2) is 0 Å². The van der Waals surface area contributed by atoms with Gasteiger partial charge in [0.1, 0.15) is 0 Å². The predicted octanol–water partition coefficient (Wildman–Crippen LogP) is 2.45. The Labute approximate surface area is 73.4 Å². The molecule has 11 heavy (non-hydrogen) atoms. The normalized spacial score (nSPS) is 9.18. The van der Waals surface area contributed by atoms with E-state index in [4.69, 9.17) is 11.6 Å². The van der Waals surface area contributed by atoms with Gasteiger partial charge in [0, 0.05) is 5.88 Å². The first-order chi connectivity index (χ1) is 5.38. The zero-order valence-corrected chi connectivity index (χ0v) is 7.23. The van der Waals surface area contributed by atoms with Crippen LogP contribution in [0, 0.1) is 0 Å². The molecule has 0 spiro atoms. The maximum absolute atomic E-state index is 10.1. The summed E-state index contributed by atoms with van der Waals surface area (Å²) in [6.45, 7) is 0. The SMILES string of the molecule is O=S=Nc1ccccc1CCl. The maximum atomic E-state index is 10.1. The Morgan fingerprint density at radius 3 is 2.82 bits per heavy atom. The quantitative estimate of drug-likeness (QED) is 0.654. The summed E-state index contributed by atoms with van der Waals surface area (Å²) in [5, 5.41) is 0. The summed E-state index contributed by atoms with van der Waals surface area (Å²) in [6.07, 6.45) is 0. The molecule has 0 aromatic heterocycles. The summed E-state index contributed by atoms with van der Waals surface area (Å²) in [4.78, 5) is 0. The lowest BCUT2D eigenvalue weighted by Gasteiger charge is -1.96. The van der Waals surface area contributed by atoms with E-state index in [1.165, 1.54) is 0 Å². The molecule has 0 aliphatic rings. The van der Waals surface area contributed by atoms with Crippen LogP contribution in [0.2, 0.25) is 0 Å². The smallest absolute Gasteiger partial charge is 0.191 e. The lowest BCUT2D eigenvalue weighted by atomic mass is 10.2. The van der Waals surface area contributed by atoms with Gasteiger partial charge in [-0.25, -0.2) is 0 Å². The third kappa shape index (κ3) is 2.13. The topological polar surface area (TPSA) is 29.4 Å². The van der Waals surface area contributed by atoms with Crippen LogP contribution < -0.4 is 0 Å². The van der Waals surface area contributed by atoms with Crippen molar-refractivity contribution < 1.29 is 4.21 Å². The van der Waals surface area contributed by atoms with Gasteiger partial charge < -0.3 is 0 Å². The fourth-order valence-corrected chi connectivity index (χ4v) is 1.24. The molecule has 0 saturated carbocycles. The van der Waals surface area contributed by atoms with Crippen molar-refractivity contribution in [3.05, 3.63) is 29.8 Å². The third-order valence-electron chi connectivity index (χ3n) is 1.27. The molecule has 1 aromatic carbocycles. The number of alkyl halides is 1. The van der Waals surface area contributed by atoms with E-state index < -0.39 is 0 Å². The molecular weight excluding hydrogens is 182 g/mol. The van der Waals surface area contributed by atoms with Crippen LogP contribution in [0.25, 0.3) is 0 Å². The largest absolute Gasteiger partial charge is 0.205 e. The first-order valence-electron chi connectivity index (χ1n) is 3.02. The number of rotatable bonds is 2. The number of nitrogens with zero attached hydrogens (tertiary/aromatic N) is 1. The highest BCUT2D eigenvalue weighted by atomic mass is 35.5. The van der Waals surface area contributed by atoms with E-state index in [9.17, 15) is 4.21 Å². The van der Waals surface area contributed by atoms with Crippen molar-refractivity contribution in [1.82, 2.24) is 0 Å². The molecule has 0 aliphatic carbocycles. The molecular formula is C7H6ClNOS. The summed E-state index contributed by atoms with van der Waals surface area (Å²) in [5.74, 6) is 0.389. The van der Waals surface area contributed by atoms with Crippen molar-refractivity contribution in [3.8, 4) is 0 Å². The van der Waals surface area contributed by atoms with E-state index in [1.54, 1.807) is 6.07 Å². The molecule has 4 heteroatoms. The number of benzene rings is 1. The molecule has 0 N–H and O–H groups in total. The van der Waals surface area contributed by atoms with Crippen LogP contribution in [-0.2, 0) is 17.3 Å². The van der Waals surface area contributed by atoms with Crippen molar-refractivity contribution in [1.29, 1.82) is 0 Å². The Balaban J connectivity index is 3.11. The minimum Gasteiger partial charge on any atom is -0.191 e. The zero-order valence-electron chi connectivity index (χ0n) is 5.66. The predicted molar refractivity (Wildman–Crippen MR) is 46.2 cm³/mol. The molecule has 0 bridgehead atoms. The molecule has 0 aliphatic heterocycles. The Hall–Kier alpha value is -0.670. The molecule has 0 unspecified atom stereocenters. The lowest BCUT2D eigenvalue weighted by molar-refractivity contribution is 0.698. The summed E-state index contributed by atoms with van der Waals surface area (Å²) in [6, 6.07) is 7.31. The van der Waals surface area contributed by atoms with Gasteiger partial charge in [0.05, 0.1) is 5.69 Å². The molecule has 1 aromatic rings. The van der Waals surface area contributed by atoms with Crippen molar-refractivity contribution in [2.24, 2.45) is 4.36 Å². The average Bonchev–Trinajstić information content (AvgIpc) is 2.06. The van der Waals surface area contributed by atoms with Crippen LogP contribution in [-0.4, -0.2) is 4.21 Å². The molecule has 58 valence electrons. The minimum absolute atomic E-state index is 0.201. The molecule has 0 heterocycles. The van der Waals surface area contributed by atoms with E-state index in [0.29, 0.717) is 11.6 Å². The Kier molecular flexibility index (Phi) is 3.26. The molecule has 0 atom stereocenters. The van der Waals surface area contributed by atoms with Crippen molar-refractivity contribution in [3.63, 3.8) is 0 Å². The van der Waals surface area contributed by atoms with Crippen LogP contribution in [0.3, 0.4) is 0 Å². The van der Waals surface area contributed by atoms with Gasteiger partial charge in [-0.15, -0.1) is 11.6 Å². The Morgan fingerprint density at radius 1 is 1.45 bits per heavy atom. The minimum atomic E-state index is 0.201. The van der Waals surface area contributed by atoms with Crippen molar-refractivity contribution in [2.45, 2.75) is 5.88 Å². The van der Waals surface area contributed by atoms with E-state index in [2.05, 4.69) is 4.36 Å². The second-order valence-electron chi connectivity index (χ2n) is 1.93. The van der Waals surface area contributed by atoms with Gasteiger partial charge in [0.25, 0.3) is 0 Å². The fourth-order valence-electron chi connectivity index (χ4n) is 0.753. The molecule has 0 saturated heterocycles. The number of hydrogen-bond donors (Lipinski definition) is 0. The monoisotopic (exact) mass is 187 g/mol. The zero-order chi connectivity index (χ0) is 8.10. The van der Waals surface area contributed by atoms with Gasteiger partial charge in [-0.2, -0.15) is 8.57 Å². The summed E-state index contributed by atoms with van der Waals surface area (Å²) < 4.78 is 13.7. The van der Waals surface area contributed by atoms with E-state index in [0.717, 1.165) is 5.56 Å². The maximum Gasteiger partial charge on any atom is 0.205 e. The highest BCUT2D eigenvalue weighted by Crippen LogP contribution is 2.19. The van der Waals surface area contributed by atoms with Gasteiger partial charge in [-0.05, 0) is 11.6 Å². The van der Waals surface area contributed by atoms with E-state index in [1.807, 2.05) is 18.2 Å². The summed E-state index contributed by atoms with van der Waals surface area (Å²) in [7, 11) is 0. The Morgan fingerprint density at radius 2 is 2.18 bits per heavy atom. The number of hydrogen-bond acceptors (Lipinski definition) is 2. The molecule has 0 amide bonds. The van der Waals surface area contributed by atoms with Gasteiger partial charge >= 0.3 is 0 Å². The first-order valence-corrected chi connectivity index (χ1v) is 4.25.